The van der Waals surface area contributed by atoms with Gasteiger partial charge in [0.2, 0.25) is 0 Å². The minimum atomic E-state index is -0.812. The predicted molar refractivity (Wildman–Crippen MR) is 92.5 cm³/mol. The zero-order chi connectivity index (χ0) is 18.4. The van der Waals surface area contributed by atoms with Gasteiger partial charge >= 0.3 is 0 Å². The second-order valence-electron chi connectivity index (χ2n) is 5.18. The number of hydrogen-bond acceptors (Lipinski definition) is 4. The topological polar surface area (TPSA) is 82.3 Å². The van der Waals surface area contributed by atoms with Gasteiger partial charge in [0.25, 0.3) is 5.91 Å². The van der Waals surface area contributed by atoms with Gasteiger partial charge in [0.1, 0.15) is 23.4 Å². The smallest absolute Gasteiger partial charge is 0.270 e. The second kappa shape index (κ2) is 7.97. The number of carbonyl (C=O) groups is 1. The maximum atomic E-state index is 13.7. The highest BCUT2D eigenvalue weighted by Crippen LogP contribution is 2.25. The van der Waals surface area contributed by atoms with Crippen LogP contribution < -0.4 is 10.1 Å². The van der Waals surface area contributed by atoms with Crippen molar-refractivity contribution in [1.82, 2.24) is 0 Å². The highest BCUT2D eigenvalue weighted by molar-refractivity contribution is 6.11. The molecule has 5 nitrogen and oxygen atoms in total. The molecular weight excluding hydrogens is 323 g/mol. The van der Waals surface area contributed by atoms with Crippen LogP contribution in [0.15, 0.2) is 48.0 Å². The summed E-state index contributed by atoms with van der Waals surface area (Å²) in [6.45, 7) is 3.78. The molecule has 2 aromatic rings. The van der Waals surface area contributed by atoms with Crippen molar-refractivity contribution in [2.75, 3.05) is 11.9 Å². The summed E-state index contributed by atoms with van der Waals surface area (Å²) in [6, 6.07) is 12.4. The van der Waals surface area contributed by atoms with E-state index in [4.69, 9.17) is 4.74 Å². The lowest BCUT2D eigenvalue weighted by atomic mass is 10.1. The van der Waals surface area contributed by atoms with E-state index in [0.717, 1.165) is 6.07 Å². The SMILES string of the molecule is CCOc1ccccc1NC(=O)/C(C#N)=C(\O)c1ccc(C)c(F)c1. The van der Waals surface area contributed by atoms with Crippen molar-refractivity contribution in [2.24, 2.45) is 0 Å². The first-order chi connectivity index (χ1) is 12.0. The molecule has 0 spiro atoms. The molecule has 25 heavy (non-hydrogen) atoms. The van der Waals surface area contributed by atoms with Crippen molar-refractivity contribution in [2.45, 2.75) is 13.8 Å². The quantitative estimate of drug-likeness (QED) is 0.490. The molecule has 0 aliphatic rings. The van der Waals surface area contributed by atoms with Gasteiger partial charge in [-0.3, -0.25) is 4.79 Å². The van der Waals surface area contributed by atoms with Crippen LogP contribution >= 0.6 is 0 Å². The Morgan fingerprint density at radius 3 is 2.68 bits per heavy atom. The molecule has 1 amide bonds. The number of aryl methyl sites for hydroxylation is 1. The monoisotopic (exact) mass is 340 g/mol. The Bertz CT molecular complexity index is 869. The number of ether oxygens (including phenoxy) is 1. The summed E-state index contributed by atoms with van der Waals surface area (Å²) >= 11 is 0. The Kier molecular flexibility index (Phi) is 5.75. The number of para-hydroxylation sites is 2. The van der Waals surface area contributed by atoms with Gasteiger partial charge in [-0.2, -0.15) is 5.26 Å². The Hall–Kier alpha value is -3.33. The lowest BCUT2D eigenvalue weighted by Gasteiger charge is -2.11. The highest BCUT2D eigenvalue weighted by Gasteiger charge is 2.18. The Morgan fingerprint density at radius 2 is 2.04 bits per heavy atom. The third kappa shape index (κ3) is 4.15. The minimum absolute atomic E-state index is 0.0490. The van der Waals surface area contributed by atoms with Crippen molar-refractivity contribution in [3.8, 4) is 11.8 Å². The molecule has 2 rings (SSSR count). The zero-order valence-corrected chi connectivity index (χ0v) is 13.8. The predicted octanol–water partition coefficient (Wildman–Crippen LogP) is 3.96. The van der Waals surface area contributed by atoms with Crippen LogP contribution in [0.25, 0.3) is 5.76 Å². The van der Waals surface area contributed by atoms with Crippen LogP contribution in [0.3, 0.4) is 0 Å². The van der Waals surface area contributed by atoms with Gasteiger partial charge < -0.3 is 15.2 Å². The Balaban J connectivity index is 2.35. The van der Waals surface area contributed by atoms with Crippen molar-refractivity contribution in [3.63, 3.8) is 0 Å². The maximum Gasteiger partial charge on any atom is 0.270 e. The number of anilines is 1. The fourth-order valence-corrected chi connectivity index (χ4v) is 2.13. The molecular formula is C19H17FN2O3. The van der Waals surface area contributed by atoms with Crippen LogP contribution in [-0.4, -0.2) is 17.6 Å². The van der Waals surface area contributed by atoms with E-state index in [9.17, 15) is 19.6 Å². The van der Waals surface area contributed by atoms with Crippen LogP contribution in [0, 0.1) is 24.1 Å². The van der Waals surface area contributed by atoms with Gasteiger partial charge in [-0.1, -0.05) is 24.3 Å². The molecule has 0 bridgehead atoms. The average Bonchev–Trinajstić information content (AvgIpc) is 2.60. The van der Waals surface area contributed by atoms with Crippen LogP contribution in [0.1, 0.15) is 18.1 Å². The molecule has 0 saturated carbocycles. The largest absolute Gasteiger partial charge is 0.506 e. The van der Waals surface area contributed by atoms with Gasteiger partial charge in [-0.15, -0.1) is 0 Å². The summed E-state index contributed by atoms with van der Waals surface area (Å²) in [5.41, 5.74) is 0.289. The number of nitrogens with one attached hydrogen (secondary N) is 1. The number of carbonyl (C=O) groups excluding carboxylic acids is 1. The molecule has 0 aromatic heterocycles. The van der Waals surface area contributed by atoms with Crippen molar-refractivity contribution in [1.29, 1.82) is 5.26 Å². The lowest BCUT2D eigenvalue weighted by molar-refractivity contribution is -0.112. The van der Waals surface area contributed by atoms with Gasteiger partial charge in [0, 0.05) is 5.56 Å². The number of rotatable bonds is 5. The number of hydrogen-bond donors (Lipinski definition) is 2. The van der Waals surface area contributed by atoms with Crippen molar-refractivity contribution < 1.29 is 19.0 Å². The number of amides is 1. The lowest BCUT2D eigenvalue weighted by Crippen LogP contribution is -2.16. The van der Waals surface area contributed by atoms with E-state index in [1.54, 1.807) is 44.2 Å². The van der Waals surface area contributed by atoms with Gasteiger partial charge in [-0.25, -0.2) is 4.39 Å². The summed E-state index contributed by atoms with van der Waals surface area (Å²) < 4.78 is 19.1. The third-order valence-electron chi connectivity index (χ3n) is 3.46. The molecule has 0 heterocycles. The molecule has 0 radical (unpaired) electrons. The van der Waals surface area contributed by atoms with E-state index in [1.165, 1.54) is 12.1 Å². The highest BCUT2D eigenvalue weighted by atomic mass is 19.1. The number of halogens is 1. The van der Waals surface area contributed by atoms with Gasteiger partial charge in [0.15, 0.2) is 5.57 Å². The molecule has 6 heteroatoms. The molecule has 0 aliphatic carbocycles. The van der Waals surface area contributed by atoms with Crippen LogP contribution in [0.4, 0.5) is 10.1 Å². The van der Waals surface area contributed by atoms with E-state index < -0.39 is 23.1 Å². The van der Waals surface area contributed by atoms with E-state index in [1.807, 2.05) is 0 Å². The first-order valence-electron chi connectivity index (χ1n) is 7.61. The molecule has 0 fully saturated rings. The molecule has 2 aromatic carbocycles. The third-order valence-corrected chi connectivity index (χ3v) is 3.46. The van der Waals surface area contributed by atoms with Crippen LogP contribution in [-0.2, 0) is 4.79 Å². The summed E-state index contributed by atoms with van der Waals surface area (Å²) in [5, 5.41) is 22.0. The van der Waals surface area contributed by atoms with Gasteiger partial charge in [0.05, 0.1) is 12.3 Å². The van der Waals surface area contributed by atoms with Gasteiger partial charge in [-0.05, 0) is 37.6 Å². The molecule has 128 valence electrons. The zero-order valence-electron chi connectivity index (χ0n) is 13.8. The van der Waals surface area contributed by atoms with Crippen LogP contribution in [0.2, 0.25) is 0 Å². The summed E-state index contributed by atoms with van der Waals surface area (Å²) in [5.74, 6) is -1.50. The Labute approximate surface area is 145 Å². The molecule has 0 aliphatic heterocycles. The summed E-state index contributed by atoms with van der Waals surface area (Å²) in [4.78, 5) is 12.4. The fraction of sp³-hybridized carbons (Fsp3) is 0.158. The normalized spacial score (nSPS) is 11.3. The first-order valence-corrected chi connectivity index (χ1v) is 7.61. The molecule has 0 saturated heterocycles. The number of aliphatic hydroxyl groups is 1. The van der Waals surface area contributed by atoms with E-state index in [2.05, 4.69) is 5.32 Å². The second-order valence-corrected chi connectivity index (χ2v) is 5.18. The number of benzene rings is 2. The maximum absolute atomic E-state index is 13.7. The number of nitriles is 1. The molecule has 2 N–H and O–H groups in total. The minimum Gasteiger partial charge on any atom is -0.506 e. The molecule has 0 unspecified atom stereocenters. The average molecular weight is 340 g/mol. The van der Waals surface area contributed by atoms with Crippen LogP contribution in [0.5, 0.6) is 5.75 Å². The number of nitrogens with zero attached hydrogens (tertiary/aromatic N) is 1. The van der Waals surface area contributed by atoms with E-state index in [0.29, 0.717) is 23.6 Å². The number of aliphatic hydroxyl groups excluding tert-OH is 1. The Morgan fingerprint density at radius 1 is 1.32 bits per heavy atom. The summed E-state index contributed by atoms with van der Waals surface area (Å²) in [6.07, 6.45) is 0. The fourth-order valence-electron chi connectivity index (χ4n) is 2.13. The van der Waals surface area contributed by atoms with E-state index >= 15 is 0 Å². The first kappa shape index (κ1) is 18.0. The van der Waals surface area contributed by atoms with Crippen molar-refractivity contribution >= 4 is 17.4 Å². The standard InChI is InChI=1S/C19H17FN2O3/c1-3-25-17-7-5-4-6-16(17)22-19(24)14(11-21)18(23)13-9-8-12(2)15(20)10-13/h4-10,23H,3H2,1-2H3,(H,22,24)/b18-14-. The van der Waals surface area contributed by atoms with E-state index in [-0.39, 0.29) is 5.56 Å². The summed E-state index contributed by atoms with van der Waals surface area (Å²) in [7, 11) is 0. The van der Waals surface area contributed by atoms with Crippen molar-refractivity contribution in [3.05, 3.63) is 65.0 Å². The molecule has 0 atom stereocenters.